The van der Waals surface area contributed by atoms with Crippen LogP contribution in [0.2, 0.25) is 0 Å². The van der Waals surface area contributed by atoms with Gasteiger partial charge in [0.1, 0.15) is 0 Å². The van der Waals surface area contributed by atoms with Gasteiger partial charge in [0, 0.05) is 19.1 Å². The second kappa shape index (κ2) is 8.06. The lowest BCUT2D eigenvalue weighted by Crippen LogP contribution is -2.41. The van der Waals surface area contributed by atoms with Crippen LogP contribution >= 0.6 is 0 Å². The van der Waals surface area contributed by atoms with Gasteiger partial charge in [-0.2, -0.15) is 0 Å². The zero-order valence-corrected chi connectivity index (χ0v) is 12.2. The summed E-state index contributed by atoms with van der Waals surface area (Å²) in [4.78, 5) is 5.13. The molecule has 1 heterocycles. The van der Waals surface area contributed by atoms with Crippen molar-refractivity contribution in [1.82, 2.24) is 15.1 Å². The third kappa shape index (κ3) is 5.84. The SMILES string of the molecule is CCCNCC(C)CN1CCCN(C)CC1C. The third-order valence-corrected chi connectivity index (χ3v) is 3.65. The summed E-state index contributed by atoms with van der Waals surface area (Å²) in [6.07, 6.45) is 2.55. The lowest BCUT2D eigenvalue weighted by Gasteiger charge is -2.30. The highest BCUT2D eigenvalue weighted by Crippen LogP contribution is 2.10. The van der Waals surface area contributed by atoms with Crippen LogP contribution in [0.25, 0.3) is 0 Å². The highest BCUT2D eigenvalue weighted by Gasteiger charge is 2.20. The molecule has 0 saturated carbocycles. The van der Waals surface area contributed by atoms with E-state index in [-0.39, 0.29) is 0 Å². The first-order valence-corrected chi connectivity index (χ1v) is 7.26. The van der Waals surface area contributed by atoms with Crippen LogP contribution < -0.4 is 5.32 Å². The highest BCUT2D eigenvalue weighted by molar-refractivity contribution is 4.77. The van der Waals surface area contributed by atoms with Gasteiger partial charge in [0.25, 0.3) is 0 Å². The van der Waals surface area contributed by atoms with Crippen molar-refractivity contribution in [1.29, 1.82) is 0 Å². The van der Waals surface area contributed by atoms with Crippen LogP contribution in [0.4, 0.5) is 0 Å². The maximum absolute atomic E-state index is 3.53. The lowest BCUT2D eigenvalue weighted by atomic mass is 10.1. The Morgan fingerprint density at radius 1 is 1.35 bits per heavy atom. The molecule has 0 radical (unpaired) electrons. The van der Waals surface area contributed by atoms with Gasteiger partial charge >= 0.3 is 0 Å². The van der Waals surface area contributed by atoms with Crippen molar-refractivity contribution in [2.24, 2.45) is 5.92 Å². The van der Waals surface area contributed by atoms with Crippen molar-refractivity contribution in [3.63, 3.8) is 0 Å². The summed E-state index contributed by atoms with van der Waals surface area (Å²) in [5.41, 5.74) is 0. The molecule has 2 atom stereocenters. The van der Waals surface area contributed by atoms with Gasteiger partial charge in [-0.1, -0.05) is 13.8 Å². The standard InChI is InChI=1S/C14H31N3/c1-5-7-15-10-13(2)11-17-9-6-8-16(4)12-14(17)3/h13-15H,5-12H2,1-4H3. The third-order valence-electron chi connectivity index (χ3n) is 3.65. The predicted octanol–water partition coefficient (Wildman–Crippen LogP) is 1.65. The normalized spacial score (nSPS) is 25.8. The molecule has 3 heteroatoms. The number of nitrogens with one attached hydrogen (secondary N) is 1. The summed E-state index contributed by atoms with van der Waals surface area (Å²) in [5, 5.41) is 3.53. The largest absolute Gasteiger partial charge is 0.316 e. The Labute approximate surface area is 108 Å². The van der Waals surface area contributed by atoms with Crippen molar-refractivity contribution in [3.8, 4) is 0 Å². The quantitative estimate of drug-likeness (QED) is 0.713. The van der Waals surface area contributed by atoms with Crippen LogP contribution in [0.5, 0.6) is 0 Å². The summed E-state index contributed by atoms with van der Waals surface area (Å²) < 4.78 is 0. The number of nitrogens with zero attached hydrogens (tertiary/aromatic N) is 2. The van der Waals surface area contributed by atoms with Gasteiger partial charge in [-0.3, -0.25) is 4.90 Å². The minimum atomic E-state index is 0.705. The van der Waals surface area contributed by atoms with Gasteiger partial charge in [-0.05, 0) is 58.9 Å². The zero-order valence-electron chi connectivity index (χ0n) is 12.2. The highest BCUT2D eigenvalue weighted by atomic mass is 15.2. The molecule has 1 N–H and O–H groups in total. The minimum absolute atomic E-state index is 0.705. The molecule has 102 valence electrons. The molecule has 0 spiro atoms. The Bertz CT molecular complexity index is 196. The van der Waals surface area contributed by atoms with E-state index in [0.29, 0.717) is 6.04 Å². The average molecular weight is 241 g/mol. The molecule has 0 aromatic rings. The Morgan fingerprint density at radius 2 is 2.12 bits per heavy atom. The van der Waals surface area contributed by atoms with Crippen LogP contribution in [-0.2, 0) is 0 Å². The monoisotopic (exact) mass is 241 g/mol. The number of rotatable bonds is 6. The molecule has 0 aliphatic carbocycles. The van der Waals surface area contributed by atoms with Crippen molar-refractivity contribution in [2.75, 3.05) is 46.3 Å². The molecular weight excluding hydrogens is 210 g/mol. The molecule has 17 heavy (non-hydrogen) atoms. The Morgan fingerprint density at radius 3 is 2.82 bits per heavy atom. The summed E-state index contributed by atoms with van der Waals surface area (Å²) in [6, 6.07) is 0.705. The number of hydrogen-bond acceptors (Lipinski definition) is 3. The molecule has 1 saturated heterocycles. The van der Waals surface area contributed by atoms with E-state index in [9.17, 15) is 0 Å². The number of hydrogen-bond donors (Lipinski definition) is 1. The van der Waals surface area contributed by atoms with E-state index in [1.807, 2.05) is 0 Å². The zero-order chi connectivity index (χ0) is 12.7. The molecule has 0 aromatic carbocycles. The summed E-state index contributed by atoms with van der Waals surface area (Å²) in [5.74, 6) is 0.757. The average Bonchev–Trinajstić information content (AvgIpc) is 2.41. The maximum atomic E-state index is 3.53. The Balaban J connectivity index is 2.28. The second-order valence-corrected chi connectivity index (χ2v) is 5.77. The van der Waals surface area contributed by atoms with Crippen molar-refractivity contribution < 1.29 is 0 Å². The van der Waals surface area contributed by atoms with E-state index in [0.717, 1.165) is 19.0 Å². The van der Waals surface area contributed by atoms with E-state index in [2.05, 4.69) is 42.9 Å². The van der Waals surface area contributed by atoms with Gasteiger partial charge in [-0.15, -0.1) is 0 Å². The van der Waals surface area contributed by atoms with Crippen molar-refractivity contribution >= 4 is 0 Å². The van der Waals surface area contributed by atoms with Gasteiger partial charge in [0.15, 0.2) is 0 Å². The lowest BCUT2D eigenvalue weighted by molar-refractivity contribution is 0.177. The molecule has 0 bridgehead atoms. The van der Waals surface area contributed by atoms with Crippen LogP contribution in [0.3, 0.4) is 0 Å². The Hall–Kier alpha value is -0.120. The van der Waals surface area contributed by atoms with Gasteiger partial charge < -0.3 is 10.2 Å². The van der Waals surface area contributed by atoms with Gasteiger partial charge in [0.05, 0.1) is 0 Å². The van der Waals surface area contributed by atoms with Crippen LogP contribution in [0, 0.1) is 5.92 Å². The molecule has 1 aliphatic heterocycles. The van der Waals surface area contributed by atoms with Gasteiger partial charge in [0.2, 0.25) is 0 Å². The summed E-state index contributed by atoms with van der Waals surface area (Å²) >= 11 is 0. The topological polar surface area (TPSA) is 18.5 Å². The maximum Gasteiger partial charge on any atom is 0.0194 e. The summed E-state index contributed by atoms with van der Waals surface area (Å²) in [6.45, 7) is 14.3. The fourth-order valence-electron chi connectivity index (χ4n) is 2.68. The van der Waals surface area contributed by atoms with Crippen molar-refractivity contribution in [3.05, 3.63) is 0 Å². The van der Waals surface area contributed by atoms with E-state index >= 15 is 0 Å². The molecule has 0 aromatic heterocycles. The Kier molecular flexibility index (Phi) is 7.09. The molecule has 1 aliphatic rings. The molecular formula is C14H31N3. The predicted molar refractivity (Wildman–Crippen MR) is 75.5 cm³/mol. The van der Waals surface area contributed by atoms with Gasteiger partial charge in [-0.25, -0.2) is 0 Å². The molecule has 1 fully saturated rings. The number of likely N-dealkylation sites (N-methyl/N-ethyl adjacent to an activating group) is 1. The van der Waals surface area contributed by atoms with Crippen LogP contribution in [-0.4, -0.2) is 62.2 Å². The molecule has 1 rings (SSSR count). The molecule has 0 amide bonds. The smallest absolute Gasteiger partial charge is 0.0194 e. The van der Waals surface area contributed by atoms with E-state index in [1.165, 1.54) is 39.0 Å². The molecule has 3 nitrogen and oxygen atoms in total. The molecule has 2 unspecified atom stereocenters. The fraction of sp³-hybridized carbons (Fsp3) is 1.00. The second-order valence-electron chi connectivity index (χ2n) is 5.77. The van der Waals surface area contributed by atoms with E-state index in [1.54, 1.807) is 0 Å². The van der Waals surface area contributed by atoms with E-state index < -0.39 is 0 Å². The first-order valence-electron chi connectivity index (χ1n) is 7.26. The van der Waals surface area contributed by atoms with E-state index in [4.69, 9.17) is 0 Å². The fourth-order valence-corrected chi connectivity index (χ4v) is 2.68. The first kappa shape index (κ1) is 14.9. The van der Waals surface area contributed by atoms with Crippen LogP contribution in [0.1, 0.15) is 33.6 Å². The first-order chi connectivity index (χ1) is 8.13. The minimum Gasteiger partial charge on any atom is -0.316 e. The van der Waals surface area contributed by atoms with Crippen molar-refractivity contribution in [2.45, 2.75) is 39.7 Å². The summed E-state index contributed by atoms with van der Waals surface area (Å²) in [7, 11) is 2.24. The van der Waals surface area contributed by atoms with Crippen LogP contribution in [0.15, 0.2) is 0 Å².